The second kappa shape index (κ2) is 1.40. The van der Waals surface area contributed by atoms with Crippen LogP contribution in [0.4, 0.5) is 5.82 Å². The molecule has 1 rings (SSSR count). The molecule has 0 aliphatic heterocycles. The number of nitrogen functional groups attached to an aromatic ring is 1. The SMILES string of the molecule is Cn1c(N)c[nH]c1=O. The van der Waals surface area contributed by atoms with Crippen LogP contribution >= 0.6 is 0 Å². The Bertz CT molecular complexity index is 234. The van der Waals surface area contributed by atoms with E-state index in [1.807, 2.05) is 0 Å². The van der Waals surface area contributed by atoms with Crippen molar-refractivity contribution in [3.63, 3.8) is 0 Å². The number of rotatable bonds is 0. The third kappa shape index (κ3) is 0.501. The van der Waals surface area contributed by atoms with Crippen LogP contribution in [0.5, 0.6) is 0 Å². The van der Waals surface area contributed by atoms with Gasteiger partial charge in [-0.15, -0.1) is 0 Å². The van der Waals surface area contributed by atoms with E-state index in [4.69, 9.17) is 5.73 Å². The molecule has 0 bridgehead atoms. The molecule has 0 aliphatic carbocycles. The minimum absolute atomic E-state index is 0.178. The Labute approximate surface area is 45.9 Å². The predicted octanol–water partition coefficient (Wildman–Crippen LogP) is -0.704. The first-order valence-electron chi connectivity index (χ1n) is 2.21. The molecule has 0 radical (unpaired) electrons. The van der Waals surface area contributed by atoms with Gasteiger partial charge in [0.05, 0.1) is 0 Å². The maximum absolute atomic E-state index is 10.5. The van der Waals surface area contributed by atoms with E-state index in [1.54, 1.807) is 7.05 Å². The molecule has 0 fully saturated rings. The van der Waals surface area contributed by atoms with E-state index < -0.39 is 0 Å². The Morgan fingerprint density at radius 2 is 2.50 bits per heavy atom. The van der Waals surface area contributed by atoms with Crippen molar-refractivity contribution in [2.75, 3.05) is 5.73 Å². The lowest BCUT2D eigenvalue weighted by molar-refractivity contribution is 0.873. The monoisotopic (exact) mass is 113 g/mol. The Morgan fingerprint density at radius 1 is 1.88 bits per heavy atom. The molecule has 0 saturated carbocycles. The normalized spacial score (nSPS) is 9.62. The largest absolute Gasteiger partial charge is 0.384 e. The molecule has 1 heterocycles. The third-order valence-electron chi connectivity index (χ3n) is 1.04. The van der Waals surface area contributed by atoms with Gasteiger partial charge < -0.3 is 10.7 Å². The highest BCUT2D eigenvalue weighted by molar-refractivity contribution is 5.23. The number of anilines is 1. The average Bonchev–Trinajstić information content (AvgIpc) is 1.98. The van der Waals surface area contributed by atoms with E-state index in [2.05, 4.69) is 4.98 Å². The van der Waals surface area contributed by atoms with Crippen LogP contribution < -0.4 is 11.4 Å². The van der Waals surface area contributed by atoms with Crippen molar-refractivity contribution >= 4 is 5.82 Å². The Morgan fingerprint density at radius 3 is 2.62 bits per heavy atom. The van der Waals surface area contributed by atoms with Crippen molar-refractivity contribution < 1.29 is 0 Å². The molecule has 8 heavy (non-hydrogen) atoms. The van der Waals surface area contributed by atoms with E-state index in [0.717, 1.165) is 0 Å². The van der Waals surface area contributed by atoms with Crippen LogP contribution in [0.3, 0.4) is 0 Å². The maximum atomic E-state index is 10.5. The van der Waals surface area contributed by atoms with Crippen molar-refractivity contribution in [2.24, 2.45) is 7.05 Å². The van der Waals surface area contributed by atoms with E-state index in [1.165, 1.54) is 10.8 Å². The summed E-state index contributed by atoms with van der Waals surface area (Å²) in [6.07, 6.45) is 1.46. The molecule has 0 unspecified atom stereocenters. The molecule has 0 atom stereocenters. The molecular formula is C4H7N3O. The number of nitrogens with two attached hydrogens (primary N) is 1. The molecule has 3 N–H and O–H groups in total. The molecule has 1 aromatic rings. The highest BCUT2D eigenvalue weighted by atomic mass is 16.1. The standard InChI is InChI=1S/C4H7N3O/c1-7-3(5)2-6-4(7)8/h2H,5H2,1H3,(H,6,8). The first-order chi connectivity index (χ1) is 3.72. The topological polar surface area (TPSA) is 63.8 Å². The van der Waals surface area contributed by atoms with Crippen molar-refractivity contribution in [1.29, 1.82) is 0 Å². The minimum atomic E-state index is -0.178. The number of aromatic nitrogens is 2. The predicted molar refractivity (Wildman–Crippen MR) is 30.4 cm³/mol. The quantitative estimate of drug-likeness (QED) is 0.467. The summed E-state index contributed by atoms with van der Waals surface area (Å²) in [5, 5.41) is 0. The van der Waals surface area contributed by atoms with Gasteiger partial charge in [0.2, 0.25) is 0 Å². The van der Waals surface area contributed by atoms with Gasteiger partial charge in [-0.25, -0.2) is 4.79 Å². The lowest BCUT2D eigenvalue weighted by atomic mass is 10.8. The second-order valence-electron chi connectivity index (χ2n) is 1.58. The number of nitrogens with zero attached hydrogens (tertiary/aromatic N) is 1. The summed E-state index contributed by atoms with van der Waals surface area (Å²) in [6.45, 7) is 0. The highest BCUT2D eigenvalue weighted by Gasteiger charge is 1.91. The van der Waals surface area contributed by atoms with Gasteiger partial charge >= 0.3 is 5.69 Å². The van der Waals surface area contributed by atoms with Crippen molar-refractivity contribution in [1.82, 2.24) is 9.55 Å². The van der Waals surface area contributed by atoms with Gasteiger partial charge in [-0.1, -0.05) is 0 Å². The first kappa shape index (κ1) is 4.96. The molecule has 44 valence electrons. The Hall–Kier alpha value is -1.19. The van der Waals surface area contributed by atoms with Gasteiger partial charge in [0.15, 0.2) is 0 Å². The van der Waals surface area contributed by atoms with E-state index in [0.29, 0.717) is 5.82 Å². The van der Waals surface area contributed by atoms with Gasteiger partial charge in [0, 0.05) is 13.2 Å². The van der Waals surface area contributed by atoms with Gasteiger partial charge in [0.1, 0.15) is 5.82 Å². The molecule has 4 heteroatoms. The first-order valence-corrected chi connectivity index (χ1v) is 2.21. The van der Waals surface area contributed by atoms with Gasteiger partial charge in [0.25, 0.3) is 0 Å². The second-order valence-corrected chi connectivity index (χ2v) is 1.58. The molecule has 0 spiro atoms. The van der Waals surface area contributed by atoms with Gasteiger partial charge in [-0.05, 0) is 0 Å². The molecule has 0 saturated heterocycles. The fourth-order valence-electron chi connectivity index (χ4n) is 0.447. The van der Waals surface area contributed by atoms with Crippen molar-refractivity contribution in [3.8, 4) is 0 Å². The number of hydrogen-bond acceptors (Lipinski definition) is 2. The maximum Gasteiger partial charge on any atom is 0.326 e. The summed E-state index contributed by atoms with van der Waals surface area (Å²) in [5.74, 6) is 0.454. The van der Waals surface area contributed by atoms with Crippen molar-refractivity contribution in [3.05, 3.63) is 16.7 Å². The molecule has 1 aromatic heterocycles. The lowest BCUT2D eigenvalue weighted by Gasteiger charge is -1.86. The zero-order valence-corrected chi connectivity index (χ0v) is 4.51. The number of hydrogen-bond donors (Lipinski definition) is 2. The van der Waals surface area contributed by atoms with Crippen LogP contribution in [0.15, 0.2) is 11.0 Å². The summed E-state index contributed by atoms with van der Waals surface area (Å²) >= 11 is 0. The summed E-state index contributed by atoms with van der Waals surface area (Å²) in [5.41, 5.74) is 5.09. The summed E-state index contributed by atoms with van der Waals surface area (Å²) < 4.78 is 1.33. The van der Waals surface area contributed by atoms with Crippen molar-refractivity contribution in [2.45, 2.75) is 0 Å². The zero-order valence-electron chi connectivity index (χ0n) is 4.51. The highest BCUT2D eigenvalue weighted by Crippen LogP contribution is 1.87. The summed E-state index contributed by atoms with van der Waals surface area (Å²) in [7, 11) is 1.61. The Kier molecular flexibility index (Phi) is 0.865. The third-order valence-corrected chi connectivity index (χ3v) is 1.04. The van der Waals surface area contributed by atoms with Crippen LogP contribution in [0.2, 0.25) is 0 Å². The van der Waals surface area contributed by atoms with Crippen LogP contribution in [0.1, 0.15) is 0 Å². The summed E-state index contributed by atoms with van der Waals surface area (Å²) in [4.78, 5) is 12.9. The van der Waals surface area contributed by atoms with Gasteiger partial charge in [-0.2, -0.15) is 0 Å². The molecule has 0 aliphatic rings. The van der Waals surface area contributed by atoms with E-state index in [9.17, 15) is 4.79 Å². The number of nitrogens with one attached hydrogen (secondary N) is 1. The lowest BCUT2D eigenvalue weighted by Crippen LogP contribution is -2.13. The van der Waals surface area contributed by atoms with Gasteiger partial charge in [-0.3, -0.25) is 4.57 Å². The average molecular weight is 113 g/mol. The van der Waals surface area contributed by atoms with Crippen LogP contribution in [0.25, 0.3) is 0 Å². The number of imidazole rings is 1. The number of aromatic amines is 1. The van der Waals surface area contributed by atoms with E-state index in [-0.39, 0.29) is 5.69 Å². The fourth-order valence-corrected chi connectivity index (χ4v) is 0.447. The van der Waals surface area contributed by atoms with Crippen LogP contribution in [-0.2, 0) is 7.05 Å². The fraction of sp³-hybridized carbons (Fsp3) is 0.250. The number of H-pyrrole nitrogens is 1. The Balaban J connectivity index is 3.41. The van der Waals surface area contributed by atoms with E-state index >= 15 is 0 Å². The molecular weight excluding hydrogens is 106 g/mol. The summed E-state index contributed by atoms with van der Waals surface area (Å²) in [6, 6.07) is 0. The molecule has 0 amide bonds. The minimum Gasteiger partial charge on any atom is -0.384 e. The zero-order chi connectivity index (χ0) is 6.15. The molecule has 0 aromatic carbocycles. The molecule has 4 nitrogen and oxygen atoms in total. The van der Waals surface area contributed by atoms with Crippen LogP contribution in [0, 0.1) is 0 Å². The van der Waals surface area contributed by atoms with Crippen LogP contribution in [-0.4, -0.2) is 9.55 Å². The smallest absolute Gasteiger partial charge is 0.326 e.